The number of carbonyl (C=O) groups excluding carboxylic acids is 2. The molecule has 3 fully saturated rings. The summed E-state index contributed by atoms with van der Waals surface area (Å²) >= 11 is 0. The first kappa shape index (κ1) is 42.2. The normalized spacial score (nSPS) is 36.7. The molecule has 5 unspecified atom stereocenters. The monoisotopic (exact) mass is 774 g/mol. The molecule has 2 bridgehead atoms. The highest BCUT2D eigenvalue weighted by molar-refractivity contribution is 6.74. The Morgan fingerprint density at radius 1 is 0.887 bits per heavy atom. The molecule has 1 heterocycles. The van der Waals surface area contributed by atoms with Crippen LogP contribution in [0.3, 0.4) is 0 Å². The van der Waals surface area contributed by atoms with Crippen molar-refractivity contribution in [1.82, 2.24) is 0 Å². The third-order valence-corrected chi connectivity index (χ3v) is 24.1. The van der Waals surface area contributed by atoms with Gasteiger partial charge in [0.2, 0.25) is 0 Å². The Morgan fingerprint density at radius 2 is 1.43 bits per heavy atom. The van der Waals surface area contributed by atoms with E-state index in [0.717, 1.165) is 41.8 Å². The lowest BCUT2D eigenvalue weighted by Crippen LogP contribution is -2.82. The van der Waals surface area contributed by atoms with Crippen molar-refractivity contribution in [1.29, 1.82) is 0 Å². The van der Waals surface area contributed by atoms with Crippen LogP contribution in [0.5, 0.6) is 0 Å². The maximum atomic E-state index is 14.4. The predicted molar refractivity (Wildman–Crippen MR) is 208 cm³/mol. The van der Waals surface area contributed by atoms with E-state index < -0.39 is 93.1 Å². The third kappa shape index (κ3) is 6.54. The highest BCUT2D eigenvalue weighted by Crippen LogP contribution is 2.66. The van der Waals surface area contributed by atoms with E-state index in [1.807, 2.05) is 33.8 Å². The minimum atomic E-state index is -2.39. The number of ether oxygens (including phenoxy) is 3. The molecule has 1 aromatic rings. The smallest absolute Gasteiger partial charge is 0.338 e. The molecule has 53 heavy (non-hydrogen) atoms. The SMILES string of the molecule is CC[Si](CC)(CC)OC1CC2OCC2(OC(C)=O)[C@H]2[C@H](OC(=O)c3ccccc3)C3(O)C[C@H](O[Si](CC)(CC)CC)C(C)=C([C@H](O)[C@H](O)C12C)C3(C)C. The van der Waals surface area contributed by atoms with Crippen molar-refractivity contribution < 1.29 is 48.0 Å². The molecule has 0 amide bonds. The molecule has 10 nitrogen and oxygen atoms in total. The predicted octanol–water partition coefficient (Wildman–Crippen LogP) is 6.93. The maximum absolute atomic E-state index is 14.4. The fraction of sp³-hybridized carbons (Fsp3) is 0.756. The van der Waals surface area contributed by atoms with Crippen LogP contribution in [0.15, 0.2) is 41.5 Å². The molecule has 0 radical (unpaired) electrons. The molecule has 4 aliphatic rings. The molecular weight excluding hydrogens is 709 g/mol. The summed E-state index contributed by atoms with van der Waals surface area (Å²) in [7, 11) is -4.69. The average molecular weight is 775 g/mol. The molecule has 3 N–H and O–H groups in total. The molecule has 1 aliphatic heterocycles. The molecule has 1 saturated heterocycles. The van der Waals surface area contributed by atoms with Crippen molar-refractivity contribution in [2.45, 2.75) is 173 Å². The van der Waals surface area contributed by atoms with Crippen molar-refractivity contribution in [3.05, 3.63) is 47.0 Å². The standard InChI is InChI=1S/C41H66O10Si2/c1-12-52(13-2,14-3)50-29-24-41(46)36(48-37(45)28-21-19-18-20-22-28)34-39(11,35(44)33(43)32(26(29)7)38(41,9)10)30(51-53(15-4,16-5)17-6)23-31-40(34,25-47-31)49-27(8)42/h18-22,29-31,33-36,43-44,46H,12-17,23-25H2,1-11H3/t29-,30?,31?,33-,34-,35-,36-,39?,40?,41?/m0/s1. The van der Waals surface area contributed by atoms with Crippen LogP contribution in [0.4, 0.5) is 0 Å². The molecule has 298 valence electrons. The van der Waals surface area contributed by atoms with Gasteiger partial charge in [0.05, 0.1) is 36.4 Å². The summed E-state index contributed by atoms with van der Waals surface area (Å²) in [5, 5.41) is 39.5. The molecule has 1 aromatic carbocycles. The minimum absolute atomic E-state index is 0.0278. The molecule has 12 heteroatoms. The maximum Gasteiger partial charge on any atom is 0.338 e. The summed E-state index contributed by atoms with van der Waals surface area (Å²) in [5.74, 6) is -2.26. The zero-order valence-electron chi connectivity index (χ0n) is 34.0. The summed E-state index contributed by atoms with van der Waals surface area (Å²) in [6.07, 6.45) is -5.88. The zero-order chi connectivity index (χ0) is 39.4. The van der Waals surface area contributed by atoms with E-state index in [1.165, 1.54) is 6.92 Å². The van der Waals surface area contributed by atoms with Gasteiger partial charge >= 0.3 is 11.9 Å². The molecular formula is C41H66O10Si2. The Labute approximate surface area is 319 Å². The first-order chi connectivity index (χ1) is 24.9. The van der Waals surface area contributed by atoms with Crippen LogP contribution in [0.25, 0.3) is 0 Å². The van der Waals surface area contributed by atoms with E-state index in [0.29, 0.717) is 17.6 Å². The van der Waals surface area contributed by atoms with Crippen molar-refractivity contribution in [3.63, 3.8) is 0 Å². The number of aliphatic hydroxyl groups is 3. The van der Waals surface area contributed by atoms with Gasteiger partial charge in [0, 0.05) is 30.6 Å². The number of rotatable bonds is 13. The van der Waals surface area contributed by atoms with Crippen LogP contribution in [0.2, 0.25) is 36.3 Å². The first-order valence-electron chi connectivity index (χ1n) is 20.1. The van der Waals surface area contributed by atoms with Gasteiger partial charge in [-0.25, -0.2) is 4.79 Å². The number of esters is 2. The van der Waals surface area contributed by atoms with Crippen LogP contribution in [0.1, 0.15) is 99.4 Å². The Hall–Kier alpha value is -1.91. The number of fused-ring (bicyclic) bond motifs is 5. The number of aliphatic hydroxyl groups excluding tert-OH is 2. The molecule has 0 aromatic heterocycles. The lowest BCUT2D eigenvalue weighted by atomic mass is 9.44. The van der Waals surface area contributed by atoms with Gasteiger partial charge in [0.25, 0.3) is 0 Å². The van der Waals surface area contributed by atoms with Crippen LogP contribution in [-0.4, -0.2) is 98.3 Å². The van der Waals surface area contributed by atoms with E-state index in [-0.39, 0.29) is 13.0 Å². The van der Waals surface area contributed by atoms with Crippen molar-refractivity contribution in [3.8, 4) is 0 Å². The van der Waals surface area contributed by atoms with Crippen LogP contribution < -0.4 is 0 Å². The lowest BCUT2D eigenvalue weighted by molar-refractivity contribution is -0.363. The minimum Gasteiger partial charge on any atom is -0.455 e. The van der Waals surface area contributed by atoms with E-state index in [9.17, 15) is 24.9 Å². The molecule has 0 spiro atoms. The highest BCUT2D eigenvalue weighted by atomic mass is 28.4. The summed E-state index contributed by atoms with van der Waals surface area (Å²) in [4.78, 5) is 27.5. The van der Waals surface area contributed by atoms with Crippen molar-refractivity contribution in [2.24, 2.45) is 16.7 Å². The number of hydrogen-bond donors (Lipinski definition) is 3. The highest BCUT2D eigenvalue weighted by Gasteiger charge is 2.78. The van der Waals surface area contributed by atoms with E-state index in [4.69, 9.17) is 23.1 Å². The second-order valence-electron chi connectivity index (χ2n) is 17.1. The van der Waals surface area contributed by atoms with E-state index in [2.05, 4.69) is 41.5 Å². The van der Waals surface area contributed by atoms with Gasteiger partial charge in [0.1, 0.15) is 23.9 Å². The Kier molecular flexibility index (Phi) is 12.1. The fourth-order valence-electron chi connectivity index (χ4n) is 10.8. The van der Waals surface area contributed by atoms with Gasteiger partial charge in [-0.3, -0.25) is 4.79 Å². The van der Waals surface area contributed by atoms with Gasteiger partial charge in [0.15, 0.2) is 22.2 Å². The summed E-state index contributed by atoms with van der Waals surface area (Å²) < 4.78 is 33.8. The Morgan fingerprint density at radius 3 is 1.92 bits per heavy atom. The number of carbonyl (C=O) groups is 2. The molecule has 3 aliphatic carbocycles. The fourth-order valence-corrected chi connectivity index (χ4v) is 16.6. The molecule has 5 rings (SSSR count). The van der Waals surface area contributed by atoms with Crippen LogP contribution in [-0.2, 0) is 27.9 Å². The molecule has 2 saturated carbocycles. The van der Waals surface area contributed by atoms with E-state index >= 15 is 0 Å². The summed E-state index contributed by atoms with van der Waals surface area (Å²) in [6, 6.07) is 13.7. The summed E-state index contributed by atoms with van der Waals surface area (Å²) in [5.41, 5.74) is -4.36. The van der Waals surface area contributed by atoms with E-state index in [1.54, 1.807) is 24.3 Å². The second-order valence-corrected chi connectivity index (χ2v) is 26.5. The largest absolute Gasteiger partial charge is 0.455 e. The van der Waals surface area contributed by atoms with Crippen molar-refractivity contribution >= 4 is 28.6 Å². The van der Waals surface area contributed by atoms with Crippen LogP contribution >= 0.6 is 0 Å². The third-order valence-electron chi connectivity index (χ3n) is 14.8. The zero-order valence-corrected chi connectivity index (χ0v) is 36.0. The Balaban J connectivity index is 1.86. The number of hydrogen-bond acceptors (Lipinski definition) is 10. The van der Waals surface area contributed by atoms with Gasteiger partial charge in [-0.1, -0.05) is 80.5 Å². The average Bonchev–Trinajstić information content (AvgIpc) is 3.13. The van der Waals surface area contributed by atoms with Gasteiger partial charge < -0.3 is 38.4 Å². The van der Waals surface area contributed by atoms with Crippen LogP contribution in [0, 0.1) is 16.7 Å². The first-order valence-corrected chi connectivity index (χ1v) is 25.1. The van der Waals surface area contributed by atoms with Gasteiger partial charge in [-0.2, -0.15) is 0 Å². The molecule has 10 atom stereocenters. The topological polar surface area (TPSA) is 141 Å². The second kappa shape index (κ2) is 15.2. The number of benzene rings is 1. The summed E-state index contributed by atoms with van der Waals surface area (Å²) in [6.45, 7) is 21.6. The lowest BCUT2D eigenvalue weighted by Gasteiger charge is -2.70. The Bertz CT molecular complexity index is 1510. The quantitative estimate of drug-likeness (QED) is 0.110. The van der Waals surface area contributed by atoms with Crippen molar-refractivity contribution in [2.75, 3.05) is 6.61 Å². The van der Waals surface area contributed by atoms with Gasteiger partial charge in [-0.05, 0) is 66.5 Å². The van der Waals surface area contributed by atoms with Gasteiger partial charge in [-0.15, -0.1) is 0 Å².